The summed E-state index contributed by atoms with van der Waals surface area (Å²) in [6, 6.07) is 9.90. The second kappa shape index (κ2) is 6.91. The van der Waals surface area contributed by atoms with Crippen molar-refractivity contribution in [1.82, 2.24) is 4.90 Å². The first-order chi connectivity index (χ1) is 11.8. The number of ether oxygens (including phenoxy) is 2. The summed E-state index contributed by atoms with van der Waals surface area (Å²) in [6.45, 7) is 2.81. The summed E-state index contributed by atoms with van der Waals surface area (Å²) in [5.41, 5.74) is 1.58. The van der Waals surface area contributed by atoms with Gasteiger partial charge >= 0.3 is 0 Å². The molecule has 1 unspecified atom stereocenters. The summed E-state index contributed by atoms with van der Waals surface area (Å²) in [7, 11) is 0. The molecule has 0 N–H and O–H groups in total. The number of hydrogen-bond acceptors (Lipinski definition) is 5. The van der Waals surface area contributed by atoms with Gasteiger partial charge in [0.05, 0.1) is 13.2 Å². The van der Waals surface area contributed by atoms with Gasteiger partial charge in [-0.15, -0.1) is 0 Å². The number of nitrogens with zero attached hydrogens (tertiary/aromatic N) is 2. The molecular weight excluding hydrogens is 308 g/mol. The van der Waals surface area contributed by atoms with Gasteiger partial charge in [-0.05, 0) is 18.4 Å². The molecule has 4 rings (SSSR count). The first-order valence-electron chi connectivity index (χ1n) is 8.61. The van der Waals surface area contributed by atoms with Gasteiger partial charge in [-0.3, -0.25) is 4.79 Å². The summed E-state index contributed by atoms with van der Waals surface area (Å²) < 4.78 is 11.2. The fraction of sp³-hybridized carbons (Fsp3) is 0.556. The van der Waals surface area contributed by atoms with Gasteiger partial charge in [0.25, 0.3) is 5.91 Å². The Morgan fingerprint density at radius 3 is 2.50 bits per heavy atom. The highest BCUT2D eigenvalue weighted by Crippen LogP contribution is 2.29. The Hall–Kier alpha value is -1.92. The molecule has 3 heterocycles. The highest BCUT2D eigenvalue weighted by atomic mass is 16.7. The lowest BCUT2D eigenvalue weighted by Crippen LogP contribution is -2.44. The van der Waals surface area contributed by atoms with Crippen molar-refractivity contribution in [2.24, 2.45) is 11.1 Å². The zero-order valence-electron chi connectivity index (χ0n) is 13.6. The van der Waals surface area contributed by atoms with Crippen molar-refractivity contribution in [2.75, 3.05) is 26.3 Å². The third-order valence-corrected chi connectivity index (χ3v) is 4.95. The molecule has 0 radical (unpaired) electrons. The van der Waals surface area contributed by atoms with E-state index < -0.39 is 0 Å². The fourth-order valence-electron chi connectivity index (χ4n) is 3.56. The van der Waals surface area contributed by atoms with E-state index >= 15 is 0 Å². The van der Waals surface area contributed by atoms with Crippen LogP contribution in [-0.2, 0) is 19.1 Å². The van der Waals surface area contributed by atoms with Crippen LogP contribution in [-0.4, -0.2) is 49.1 Å². The van der Waals surface area contributed by atoms with E-state index in [9.17, 15) is 4.79 Å². The van der Waals surface area contributed by atoms with Crippen LogP contribution in [0.25, 0.3) is 0 Å². The van der Waals surface area contributed by atoms with Crippen molar-refractivity contribution in [3.63, 3.8) is 0 Å². The molecule has 1 aromatic carbocycles. The summed E-state index contributed by atoms with van der Waals surface area (Å²) in [4.78, 5) is 20.0. The number of piperidine rings is 1. The third kappa shape index (κ3) is 3.16. The van der Waals surface area contributed by atoms with Gasteiger partial charge in [-0.2, -0.15) is 0 Å². The Kier molecular flexibility index (Phi) is 4.49. The average Bonchev–Trinajstić information content (AvgIpc) is 3.34. The van der Waals surface area contributed by atoms with Crippen LogP contribution in [0, 0.1) is 5.92 Å². The second-order valence-corrected chi connectivity index (χ2v) is 6.49. The molecule has 0 aliphatic carbocycles. The Balaban J connectivity index is 1.31. The van der Waals surface area contributed by atoms with E-state index in [0.717, 1.165) is 31.5 Å². The molecule has 2 fully saturated rings. The normalized spacial score (nSPS) is 25.6. The molecule has 1 atom stereocenters. The van der Waals surface area contributed by atoms with Gasteiger partial charge < -0.3 is 19.2 Å². The van der Waals surface area contributed by atoms with Crippen LogP contribution in [0.1, 0.15) is 30.9 Å². The minimum atomic E-state index is -0.150. The van der Waals surface area contributed by atoms with Crippen molar-refractivity contribution >= 4 is 11.6 Å². The van der Waals surface area contributed by atoms with E-state index in [1.54, 1.807) is 0 Å². The van der Waals surface area contributed by atoms with Gasteiger partial charge in [-0.1, -0.05) is 35.5 Å². The summed E-state index contributed by atoms with van der Waals surface area (Å²) >= 11 is 0. The monoisotopic (exact) mass is 330 g/mol. The largest absolute Gasteiger partial charge is 0.387 e. The van der Waals surface area contributed by atoms with Crippen molar-refractivity contribution in [3.8, 4) is 0 Å². The second-order valence-electron chi connectivity index (χ2n) is 6.49. The molecule has 2 saturated heterocycles. The molecule has 6 heteroatoms. The van der Waals surface area contributed by atoms with Crippen LogP contribution < -0.4 is 0 Å². The number of benzene rings is 1. The zero-order chi connectivity index (χ0) is 16.4. The maximum absolute atomic E-state index is 12.7. The minimum Gasteiger partial charge on any atom is -0.387 e. The van der Waals surface area contributed by atoms with E-state index in [-0.39, 0.29) is 18.3 Å². The first kappa shape index (κ1) is 15.6. The third-order valence-electron chi connectivity index (χ3n) is 4.95. The molecule has 0 aromatic heterocycles. The molecule has 3 aliphatic rings. The molecule has 1 amide bonds. The molecular formula is C18H22N2O4. The van der Waals surface area contributed by atoms with Gasteiger partial charge in [0.1, 0.15) is 5.71 Å². The Morgan fingerprint density at radius 1 is 1.08 bits per heavy atom. The lowest BCUT2D eigenvalue weighted by molar-refractivity contribution is -0.130. The van der Waals surface area contributed by atoms with Crippen LogP contribution >= 0.6 is 0 Å². The van der Waals surface area contributed by atoms with Crippen molar-refractivity contribution in [3.05, 3.63) is 35.9 Å². The molecule has 128 valence electrons. The van der Waals surface area contributed by atoms with Crippen molar-refractivity contribution < 1.29 is 19.1 Å². The minimum absolute atomic E-state index is 0.000129. The average molecular weight is 330 g/mol. The van der Waals surface area contributed by atoms with E-state index in [0.29, 0.717) is 31.3 Å². The standard InChI is InChI=1S/C18H22N2O4/c21-17(15-12-16(24-19-15)13-4-2-1-3-5-13)20-8-6-14(7-9-20)18-22-10-11-23-18/h1-5,14,16,18H,6-12H2. The molecule has 24 heavy (non-hydrogen) atoms. The number of carbonyl (C=O) groups is 1. The lowest BCUT2D eigenvalue weighted by Gasteiger charge is -2.33. The fourth-order valence-corrected chi connectivity index (χ4v) is 3.56. The Labute approximate surface area is 141 Å². The highest BCUT2D eigenvalue weighted by Gasteiger charge is 2.35. The SMILES string of the molecule is O=C(C1=NOC(c2ccccc2)C1)N1CCC(C2OCCO2)CC1. The highest BCUT2D eigenvalue weighted by molar-refractivity contribution is 6.39. The molecule has 0 saturated carbocycles. The Bertz CT molecular complexity index is 605. The number of oxime groups is 1. The number of likely N-dealkylation sites (tertiary alicyclic amines) is 1. The maximum atomic E-state index is 12.7. The van der Waals surface area contributed by atoms with E-state index in [1.165, 1.54) is 0 Å². The van der Waals surface area contributed by atoms with Gasteiger partial charge in [-0.25, -0.2) is 0 Å². The first-order valence-corrected chi connectivity index (χ1v) is 8.61. The molecule has 1 aromatic rings. The van der Waals surface area contributed by atoms with Gasteiger partial charge in [0.2, 0.25) is 0 Å². The predicted octanol–water partition coefficient (Wildman–Crippen LogP) is 2.12. The van der Waals surface area contributed by atoms with Crippen molar-refractivity contribution in [2.45, 2.75) is 31.7 Å². The summed E-state index contributed by atoms with van der Waals surface area (Å²) in [5.74, 6) is 0.385. The van der Waals surface area contributed by atoms with Crippen LogP contribution in [0.15, 0.2) is 35.5 Å². The molecule has 6 nitrogen and oxygen atoms in total. The van der Waals surface area contributed by atoms with Crippen LogP contribution in [0.3, 0.4) is 0 Å². The van der Waals surface area contributed by atoms with E-state index in [1.807, 2.05) is 35.2 Å². The molecule has 0 spiro atoms. The zero-order valence-corrected chi connectivity index (χ0v) is 13.6. The number of carbonyl (C=O) groups excluding carboxylic acids is 1. The summed E-state index contributed by atoms with van der Waals surface area (Å²) in [5, 5.41) is 4.04. The van der Waals surface area contributed by atoms with Crippen LogP contribution in [0.2, 0.25) is 0 Å². The smallest absolute Gasteiger partial charge is 0.271 e. The quantitative estimate of drug-likeness (QED) is 0.852. The topological polar surface area (TPSA) is 60.4 Å². The van der Waals surface area contributed by atoms with E-state index in [2.05, 4.69) is 5.16 Å². The van der Waals surface area contributed by atoms with E-state index in [4.69, 9.17) is 14.3 Å². The molecule has 0 bridgehead atoms. The number of hydrogen-bond donors (Lipinski definition) is 0. The van der Waals surface area contributed by atoms with Crippen LogP contribution in [0.5, 0.6) is 0 Å². The van der Waals surface area contributed by atoms with Crippen molar-refractivity contribution in [1.29, 1.82) is 0 Å². The molecule has 3 aliphatic heterocycles. The lowest BCUT2D eigenvalue weighted by atomic mass is 9.95. The number of rotatable bonds is 3. The Morgan fingerprint density at radius 2 is 1.79 bits per heavy atom. The van der Waals surface area contributed by atoms with Crippen LogP contribution in [0.4, 0.5) is 0 Å². The number of amides is 1. The predicted molar refractivity (Wildman–Crippen MR) is 87.3 cm³/mol. The van der Waals surface area contributed by atoms with Gasteiger partial charge in [0, 0.05) is 25.4 Å². The summed E-state index contributed by atoms with van der Waals surface area (Å²) in [6.07, 6.45) is 2.12. The maximum Gasteiger partial charge on any atom is 0.271 e. The van der Waals surface area contributed by atoms with Gasteiger partial charge in [0.15, 0.2) is 12.4 Å².